The minimum atomic E-state index is -0.238. The molecule has 0 saturated carbocycles. The summed E-state index contributed by atoms with van der Waals surface area (Å²) >= 11 is 0. The molecule has 0 bridgehead atoms. The Kier molecular flexibility index (Phi) is 3.16. The van der Waals surface area contributed by atoms with E-state index < -0.39 is 0 Å². The SMILES string of the molecule is CC12Nc3cccc4cccc(c34)N1Cc1ccccc1C2c1ccccc1. The Morgan fingerprint density at radius 3 is 2.43 bits per heavy atom. The maximum atomic E-state index is 3.95. The van der Waals surface area contributed by atoms with Gasteiger partial charge in [0, 0.05) is 23.3 Å². The second-order valence-electron chi connectivity index (χ2n) is 8.08. The topological polar surface area (TPSA) is 15.3 Å². The van der Waals surface area contributed by atoms with Crippen molar-refractivity contribution in [2.45, 2.75) is 25.0 Å². The summed E-state index contributed by atoms with van der Waals surface area (Å²) in [5, 5.41) is 6.57. The second-order valence-corrected chi connectivity index (χ2v) is 8.08. The molecule has 0 amide bonds. The van der Waals surface area contributed by atoms with Crippen LogP contribution in [-0.2, 0) is 6.54 Å². The van der Waals surface area contributed by atoms with Crippen LogP contribution in [0.4, 0.5) is 11.4 Å². The largest absolute Gasteiger partial charge is 0.362 e. The van der Waals surface area contributed by atoms with E-state index in [4.69, 9.17) is 0 Å². The normalized spacial score (nSPS) is 22.3. The number of benzene rings is 4. The Balaban J connectivity index is 1.66. The average Bonchev–Trinajstić information content (AvgIpc) is 2.73. The maximum Gasteiger partial charge on any atom is 0.119 e. The van der Waals surface area contributed by atoms with Crippen LogP contribution in [0.1, 0.15) is 29.5 Å². The fourth-order valence-corrected chi connectivity index (χ4v) is 5.30. The fraction of sp³-hybridized carbons (Fsp3) is 0.154. The highest BCUT2D eigenvalue weighted by molar-refractivity contribution is 6.06. The highest BCUT2D eigenvalue weighted by atomic mass is 15.4. The third-order valence-electron chi connectivity index (χ3n) is 6.51. The van der Waals surface area contributed by atoms with Crippen LogP contribution < -0.4 is 10.2 Å². The molecular weight excluding hydrogens is 340 g/mol. The molecule has 2 atom stereocenters. The van der Waals surface area contributed by atoms with E-state index in [1.807, 2.05) is 0 Å². The van der Waals surface area contributed by atoms with Crippen molar-refractivity contribution >= 4 is 22.1 Å². The summed E-state index contributed by atoms with van der Waals surface area (Å²) in [6.45, 7) is 3.27. The standard InChI is InChI=1S/C26H22N2/c1-26-25(19-9-3-2-4-10-19)21-14-6-5-11-20(21)17-28(26)23-16-8-13-18-12-7-15-22(27-26)24(18)23/h2-16,25,27H,17H2,1H3. The Bertz CT molecular complexity index is 1190. The first-order valence-corrected chi connectivity index (χ1v) is 9.96. The Hall–Kier alpha value is -3.26. The molecular formula is C26H22N2. The molecule has 136 valence electrons. The van der Waals surface area contributed by atoms with E-state index in [0.717, 1.165) is 6.54 Å². The van der Waals surface area contributed by atoms with E-state index in [1.165, 1.54) is 38.8 Å². The van der Waals surface area contributed by atoms with Crippen molar-refractivity contribution in [2.24, 2.45) is 0 Å². The van der Waals surface area contributed by atoms with Gasteiger partial charge in [0.15, 0.2) is 0 Å². The van der Waals surface area contributed by atoms with E-state index >= 15 is 0 Å². The van der Waals surface area contributed by atoms with Gasteiger partial charge in [-0.1, -0.05) is 78.9 Å². The Morgan fingerprint density at radius 1 is 0.821 bits per heavy atom. The molecule has 4 aromatic rings. The van der Waals surface area contributed by atoms with Crippen molar-refractivity contribution in [3.8, 4) is 0 Å². The molecule has 2 heterocycles. The zero-order valence-electron chi connectivity index (χ0n) is 15.9. The monoisotopic (exact) mass is 362 g/mol. The van der Waals surface area contributed by atoms with Crippen molar-refractivity contribution < 1.29 is 0 Å². The van der Waals surface area contributed by atoms with Gasteiger partial charge in [0.05, 0.1) is 5.92 Å². The van der Waals surface area contributed by atoms with Gasteiger partial charge >= 0.3 is 0 Å². The van der Waals surface area contributed by atoms with E-state index in [-0.39, 0.29) is 11.6 Å². The third-order valence-corrected chi connectivity index (χ3v) is 6.51. The summed E-state index contributed by atoms with van der Waals surface area (Å²) in [4.78, 5) is 2.57. The van der Waals surface area contributed by atoms with Gasteiger partial charge in [0.1, 0.15) is 5.66 Å². The van der Waals surface area contributed by atoms with Gasteiger partial charge in [0.25, 0.3) is 0 Å². The quantitative estimate of drug-likeness (QED) is 0.438. The summed E-state index contributed by atoms with van der Waals surface area (Å²) in [7, 11) is 0. The van der Waals surface area contributed by atoms with Gasteiger partial charge in [0.2, 0.25) is 0 Å². The fourth-order valence-electron chi connectivity index (χ4n) is 5.30. The molecule has 2 unspecified atom stereocenters. The number of nitrogens with zero attached hydrogens (tertiary/aromatic N) is 1. The molecule has 2 nitrogen and oxygen atoms in total. The van der Waals surface area contributed by atoms with Crippen molar-refractivity contribution in [1.82, 2.24) is 0 Å². The smallest absolute Gasteiger partial charge is 0.119 e. The first-order chi connectivity index (χ1) is 13.8. The van der Waals surface area contributed by atoms with Gasteiger partial charge in [-0.15, -0.1) is 0 Å². The lowest BCUT2D eigenvalue weighted by Gasteiger charge is -2.55. The molecule has 1 N–H and O–H groups in total. The maximum absolute atomic E-state index is 3.95. The van der Waals surface area contributed by atoms with Gasteiger partial charge in [-0.2, -0.15) is 0 Å². The van der Waals surface area contributed by atoms with Gasteiger partial charge < -0.3 is 10.2 Å². The summed E-state index contributed by atoms with van der Waals surface area (Å²) < 4.78 is 0. The van der Waals surface area contributed by atoms with Crippen LogP contribution in [0.15, 0.2) is 91.0 Å². The number of hydrogen-bond donors (Lipinski definition) is 1. The number of anilines is 2. The molecule has 0 aliphatic carbocycles. The van der Waals surface area contributed by atoms with Crippen molar-refractivity contribution in [1.29, 1.82) is 0 Å². The van der Waals surface area contributed by atoms with Crippen LogP contribution >= 0.6 is 0 Å². The van der Waals surface area contributed by atoms with Gasteiger partial charge in [-0.05, 0) is 41.1 Å². The zero-order valence-corrected chi connectivity index (χ0v) is 15.9. The van der Waals surface area contributed by atoms with Crippen molar-refractivity contribution in [2.75, 3.05) is 10.2 Å². The average molecular weight is 362 g/mol. The summed E-state index contributed by atoms with van der Waals surface area (Å²) in [5.41, 5.74) is 6.50. The molecule has 0 saturated heterocycles. The van der Waals surface area contributed by atoms with E-state index in [0.29, 0.717) is 0 Å². The zero-order chi connectivity index (χ0) is 18.7. The molecule has 4 aromatic carbocycles. The van der Waals surface area contributed by atoms with Crippen LogP contribution in [0.25, 0.3) is 10.8 Å². The Morgan fingerprint density at radius 2 is 1.57 bits per heavy atom. The predicted molar refractivity (Wildman–Crippen MR) is 117 cm³/mol. The highest BCUT2D eigenvalue weighted by Gasteiger charge is 2.48. The van der Waals surface area contributed by atoms with Crippen LogP contribution in [0.3, 0.4) is 0 Å². The van der Waals surface area contributed by atoms with Crippen LogP contribution in [0.5, 0.6) is 0 Å². The van der Waals surface area contributed by atoms with Crippen LogP contribution in [0, 0.1) is 0 Å². The lowest BCUT2D eigenvalue weighted by Crippen LogP contribution is -2.60. The minimum absolute atomic E-state index is 0.238. The van der Waals surface area contributed by atoms with Crippen molar-refractivity contribution in [3.05, 3.63) is 108 Å². The first kappa shape index (κ1) is 15.8. The van der Waals surface area contributed by atoms with Crippen molar-refractivity contribution in [3.63, 3.8) is 0 Å². The number of nitrogens with one attached hydrogen (secondary N) is 1. The molecule has 2 aliphatic rings. The number of fused-ring (bicyclic) bond motifs is 3. The Labute approximate surface area is 165 Å². The molecule has 0 radical (unpaired) electrons. The number of hydrogen-bond acceptors (Lipinski definition) is 2. The molecule has 0 spiro atoms. The minimum Gasteiger partial charge on any atom is -0.362 e. The molecule has 6 rings (SSSR count). The van der Waals surface area contributed by atoms with Gasteiger partial charge in [-0.25, -0.2) is 0 Å². The summed E-state index contributed by atoms with van der Waals surface area (Å²) in [5.74, 6) is 0.238. The number of rotatable bonds is 1. The molecule has 2 aliphatic heterocycles. The lowest BCUT2D eigenvalue weighted by atomic mass is 9.74. The first-order valence-electron chi connectivity index (χ1n) is 9.96. The molecule has 2 heteroatoms. The van der Waals surface area contributed by atoms with E-state index in [2.05, 4.69) is 108 Å². The van der Waals surface area contributed by atoms with Crippen LogP contribution in [-0.4, -0.2) is 5.66 Å². The predicted octanol–water partition coefficient (Wildman–Crippen LogP) is 6.13. The third kappa shape index (κ3) is 2.03. The molecule has 0 fully saturated rings. The van der Waals surface area contributed by atoms with Crippen LogP contribution in [0.2, 0.25) is 0 Å². The summed E-state index contributed by atoms with van der Waals surface area (Å²) in [6.07, 6.45) is 0. The summed E-state index contributed by atoms with van der Waals surface area (Å²) in [6, 6.07) is 33.1. The van der Waals surface area contributed by atoms with Gasteiger partial charge in [-0.3, -0.25) is 0 Å². The van der Waals surface area contributed by atoms with E-state index in [9.17, 15) is 0 Å². The highest BCUT2D eigenvalue weighted by Crippen LogP contribution is 2.52. The van der Waals surface area contributed by atoms with E-state index in [1.54, 1.807) is 0 Å². The molecule has 0 aromatic heterocycles. The second kappa shape index (κ2) is 5.62. The lowest BCUT2D eigenvalue weighted by molar-refractivity contribution is 0.395. The molecule has 28 heavy (non-hydrogen) atoms.